The number of hydrogen-bond acceptors (Lipinski definition) is 10. The highest BCUT2D eigenvalue weighted by Crippen LogP contribution is 2.35. The third kappa shape index (κ3) is 5.20. The lowest BCUT2D eigenvalue weighted by atomic mass is 9.95. The number of nitrogens with two attached hydrogens (primary N) is 1. The fraction of sp³-hybridized carbons (Fsp3) is 0.154. The summed E-state index contributed by atoms with van der Waals surface area (Å²) < 4.78 is 5.47. The number of phenolic OH excluding ortho intramolecular Hbond substituents is 3. The summed E-state index contributed by atoms with van der Waals surface area (Å²) >= 11 is 0. The van der Waals surface area contributed by atoms with Gasteiger partial charge in [0.05, 0.1) is 22.7 Å². The molecule has 1 heterocycles. The minimum atomic E-state index is -1.51. The van der Waals surface area contributed by atoms with E-state index in [0.29, 0.717) is 17.8 Å². The summed E-state index contributed by atoms with van der Waals surface area (Å²) in [7, 11) is 0. The Bertz CT molecular complexity index is 1410. The predicted molar refractivity (Wildman–Crippen MR) is 132 cm³/mol. The molecule has 1 aliphatic rings. The summed E-state index contributed by atoms with van der Waals surface area (Å²) in [6.45, 7) is 0.535. The lowest BCUT2D eigenvalue weighted by molar-refractivity contribution is 0.0282. The van der Waals surface area contributed by atoms with E-state index < -0.39 is 69.7 Å². The van der Waals surface area contributed by atoms with Crippen LogP contribution in [0.25, 0.3) is 0 Å². The van der Waals surface area contributed by atoms with Crippen molar-refractivity contribution < 1.29 is 44.3 Å². The second-order valence-corrected chi connectivity index (χ2v) is 8.53. The Balaban J connectivity index is 1.52. The molecule has 0 radical (unpaired) electrons. The van der Waals surface area contributed by atoms with E-state index in [0.717, 1.165) is 24.3 Å². The number of esters is 1. The molecule has 3 aromatic rings. The number of carbonyl (C=O) groups is 4. The number of rotatable bonds is 7. The number of ether oxygens (including phenoxy) is 1. The molecule has 1 amide bonds. The maximum atomic E-state index is 13.0. The number of carbonyl (C=O) groups excluding carboxylic acids is 3. The Hall–Kier alpha value is -5.10. The molecular weight excluding hydrogens is 498 g/mol. The van der Waals surface area contributed by atoms with Crippen LogP contribution in [0.3, 0.4) is 0 Å². The van der Waals surface area contributed by atoms with Crippen molar-refractivity contribution in [1.82, 2.24) is 10.6 Å². The van der Waals surface area contributed by atoms with Crippen molar-refractivity contribution in [2.24, 2.45) is 0 Å². The molecule has 0 unspecified atom stereocenters. The molecule has 8 N–H and O–H groups in total. The van der Waals surface area contributed by atoms with E-state index in [2.05, 4.69) is 10.6 Å². The maximum Gasteiger partial charge on any atom is 0.338 e. The fourth-order valence-corrected chi connectivity index (χ4v) is 4.06. The Kier molecular flexibility index (Phi) is 7.17. The first-order chi connectivity index (χ1) is 18.1. The molecule has 0 spiro atoms. The zero-order valence-corrected chi connectivity index (χ0v) is 19.7. The number of anilines is 1. The fourth-order valence-electron chi connectivity index (χ4n) is 4.06. The first-order valence-electron chi connectivity index (χ1n) is 11.3. The standard InChI is InChI=1S/C26H23N3O9/c27-14-6-4-12(5-7-14)24(34)29-16-10-28-11-20(16)38-26(37)13-8-18(31)22(19(32)9-13)23(33)21-15(25(35)36)2-1-3-17(21)30/h1-9,16,20,28,30-32H,10-11,27H2,(H,29,34)(H,35,36)/t16-,20-/m0/s1. The number of aromatic hydroxyl groups is 3. The number of nitrogens with one attached hydrogen (secondary N) is 2. The topological polar surface area (TPSA) is 209 Å². The second kappa shape index (κ2) is 10.5. The molecule has 1 fully saturated rings. The van der Waals surface area contributed by atoms with Gasteiger partial charge < -0.3 is 41.5 Å². The summed E-state index contributed by atoms with van der Waals surface area (Å²) in [5.41, 5.74) is 4.30. The molecule has 1 saturated heterocycles. The zero-order chi connectivity index (χ0) is 27.6. The van der Waals surface area contributed by atoms with Crippen molar-refractivity contribution in [2.45, 2.75) is 12.1 Å². The molecular formula is C26H23N3O9. The van der Waals surface area contributed by atoms with E-state index in [1.165, 1.54) is 6.07 Å². The van der Waals surface area contributed by atoms with Crippen LogP contribution in [-0.2, 0) is 4.74 Å². The van der Waals surface area contributed by atoms with E-state index in [1.807, 2.05) is 0 Å². The van der Waals surface area contributed by atoms with Crippen molar-refractivity contribution in [3.8, 4) is 17.2 Å². The van der Waals surface area contributed by atoms with E-state index in [-0.39, 0.29) is 12.1 Å². The molecule has 196 valence electrons. The van der Waals surface area contributed by atoms with Crippen LogP contribution in [0.5, 0.6) is 17.2 Å². The lowest BCUT2D eigenvalue weighted by Crippen LogP contribution is -2.44. The van der Waals surface area contributed by atoms with Crippen LogP contribution in [0.4, 0.5) is 5.69 Å². The molecule has 1 aliphatic heterocycles. The number of hydrogen-bond donors (Lipinski definition) is 7. The molecule has 2 atom stereocenters. The monoisotopic (exact) mass is 521 g/mol. The molecule has 3 aromatic carbocycles. The third-order valence-electron chi connectivity index (χ3n) is 5.97. The number of benzene rings is 3. The quantitative estimate of drug-likeness (QED) is 0.134. The van der Waals surface area contributed by atoms with Gasteiger partial charge in [-0.2, -0.15) is 0 Å². The van der Waals surface area contributed by atoms with Gasteiger partial charge in [-0.15, -0.1) is 0 Å². The number of carboxylic acids is 1. The smallest absolute Gasteiger partial charge is 0.338 e. The van der Waals surface area contributed by atoms with E-state index in [1.54, 1.807) is 24.3 Å². The first kappa shape index (κ1) is 26.0. The van der Waals surface area contributed by atoms with E-state index in [4.69, 9.17) is 10.5 Å². The van der Waals surface area contributed by atoms with Crippen LogP contribution in [0.2, 0.25) is 0 Å². The number of ketones is 1. The van der Waals surface area contributed by atoms with Gasteiger partial charge in [0, 0.05) is 24.3 Å². The summed E-state index contributed by atoms with van der Waals surface area (Å²) in [4.78, 5) is 49.8. The number of amides is 1. The van der Waals surface area contributed by atoms with Crippen molar-refractivity contribution in [3.63, 3.8) is 0 Å². The van der Waals surface area contributed by atoms with Gasteiger partial charge in [0.25, 0.3) is 5.91 Å². The van der Waals surface area contributed by atoms with Gasteiger partial charge in [-0.05, 0) is 48.5 Å². The summed E-state index contributed by atoms with van der Waals surface area (Å²) in [6, 6.07) is 10.8. The minimum Gasteiger partial charge on any atom is -0.507 e. The van der Waals surface area contributed by atoms with Gasteiger partial charge in [-0.3, -0.25) is 9.59 Å². The van der Waals surface area contributed by atoms with Crippen molar-refractivity contribution >= 4 is 29.3 Å². The highest BCUT2D eigenvalue weighted by atomic mass is 16.5. The molecule has 12 nitrogen and oxygen atoms in total. The van der Waals surface area contributed by atoms with Crippen LogP contribution < -0.4 is 16.4 Å². The highest BCUT2D eigenvalue weighted by Gasteiger charge is 2.33. The molecule has 38 heavy (non-hydrogen) atoms. The van der Waals surface area contributed by atoms with E-state index in [9.17, 15) is 39.6 Å². The van der Waals surface area contributed by atoms with Crippen LogP contribution >= 0.6 is 0 Å². The minimum absolute atomic E-state index is 0.220. The van der Waals surface area contributed by atoms with Crippen molar-refractivity contribution in [3.05, 3.63) is 82.4 Å². The van der Waals surface area contributed by atoms with Gasteiger partial charge in [0.1, 0.15) is 28.9 Å². The van der Waals surface area contributed by atoms with Crippen LogP contribution in [0.1, 0.15) is 47.0 Å². The Morgan fingerprint density at radius 3 is 2.16 bits per heavy atom. The third-order valence-corrected chi connectivity index (χ3v) is 5.97. The molecule has 0 aromatic heterocycles. The Labute approximate surface area is 215 Å². The van der Waals surface area contributed by atoms with Crippen molar-refractivity contribution in [1.29, 1.82) is 0 Å². The lowest BCUT2D eigenvalue weighted by Gasteiger charge is -2.21. The SMILES string of the molecule is Nc1ccc(C(=O)N[C@H]2CNC[C@@H]2OC(=O)c2cc(O)c(C(=O)c3c(O)cccc3C(=O)O)c(O)c2)cc1. The number of nitrogen functional groups attached to an aromatic ring is 1. The Morgan fingerprint density at radius 1 is 0.868 bits per heavy atom. The van der Waals surface area contributed by atoms with Crippen LogP contribution in [0.15, 0.2) is 54.6 Å². The normalized spacial score (nSPS) is 16.5. The van der Waals surface area contributed by atoms with Crippen LogP contribution in [0, 0.1) is 0 Å². The van der Waals surface area contributed by atoms with Gasteiger partial charge >= 0.3 is 11.9 Å². The molecule has 0 aliphatic carbocycles. The van der Waals surface area contributed by atoms with Gasteiger partial charge in [0.15, 0.2) is 0 Å². The van der Waals surface area contributed by atoms with Crippen molar-refractivity contribution in [2.75, 3.05) is 18.8 Å². The number of carboxylic acid groups (broad SMARTS) is 1. The maximum absolute atomic E-state index is 13.0. The molecule has 0 saturated carbocycles. The first-order valence-corrected chi connectivity index (χ1v) is 11.3. The predicted octanol–water partition coefficient (Wildman–Crippen LogP) is 1.24. The summed E-state index contributed by atoms with van der Waals surface area (Å²) in [5, 5.41) is 46.1. The largest absolute Gasteiger partial charge is 0.507 e. The average Bonchev–Trinajstić information content (AvgIpc) is 3.29. The van der Waals surface area contributed by atoms with E-state index >= 15 is 0 Å². The zero-order valence-electron chi connectivity index (χ0n) is 19.7. The van der Waals surface area contributed by atoms with Gasteiger partial charge in [0.2, 0.25) is 5.78 Å². The highest BCUT2D eigenvalue weighted by molar-refractivity contribution is 6.18. The Morgan fingerprint density at radius 2 is 1.53 bits per heavy atom. The molecule has 12 heteroatoms. The second-order valence-electron chi connectivity index (χ2n) is 8.53. The number of phenols is 3. The average molecular weight is 521 g/mol. The molecule has 4 rings (SSSR count). The van der Waals surface area contributed by atoms with Gasteiger partial charge in [-0.25, -0.2) is 9.59 Å². The summed E-state index contributed by atoms with van der Waals surface area (Å²) in [6.07, 6.45) is -0.787. The van der Waals surface area contributed by atoms with Gasteiger partial charge in [-0.1, -0.05) is 6.07 Å². The van der Waals surface area contributed by atoms with Crippen LogP contribution in [-0.4, -0.2) is 69.3 Å². The summed E-state index contributed by atoms with van der Waals surface area (Å²) in [5.74, 6) is -6.37. The molecule has 0 bridgehead atoms. The number of aromatic carboxylic acids is 1.